The normalized spacial score (nSPS) is 19.6. The second-order valence-corrected chi connectivity index (χ2v) is 4.33. The Bertz CT molecular complexity index is 447. The van der Waals surface area contributed by atoms with E-state index in [1.54, 1.807) is 12.5 Å². The molecule has 0 bridgehead atoms. The third kappa shape index (κ3) is 1.88. The van der Waals surface area contributed by atoms with Crippen LogP contribution in [0.3, 0.4) is 0 Å². The predicted molar refractivity (Wildman–Crippen MR) is 59.9 cm³/mol. The van der Waals surface area contributed by atoms with Crippen molar-refractivity contribution < 1.29 is 4.42 Å². The molecule has 0 aromatic carbocycles. The van der Waals surface area contributed by atoms with Crippen LogP contribution in [0.15, 0.2) is 29.2 Å². The topological polar surface area (TPSA) is 53.9 Å². The lowest BCUT2D eigenvalue weighted by atomic mass is 9.93. The van der Waals surface area contributed by atoms with Crippen molar-refractivity contribution in [1.29, 1.82) is 0 Å². The number of aromatic nitrogens is 2. The molecule has 84 valence electrons. The van der Waals surface area contributed by atoms with Crippen molar-refractivity contribution in [3.05, 3.63) is 41.6 Å². The Kier molecular flexibility index (Phi) is 2.50. The van der Waals surface area contributed by atoms with Crippen molar-refractivity contribution in [2.75, 3.05) is 0 Å². The molecule has 0 fully saturated rings. The highest BCUT2D eigenvalue weighted by Gasteiger charge is 2.19. The Morgan fingerprint density at radius 2 is 2.56 bits per heavy atom. The van der Waals surface area contributed by atoms with E-state index in [1.165, 1.54) is 23.2 Å². The van der Waals surface area contributed by atoms with E-state index in [2.05, 4.69) is 15.5 Å². The Morgan fingerprint density at radius 1 is 1.56 bits per heavy atom. The van der Waals surface area contributed by atoms with E-state index in [0.29, 0.717) is 6.04 Å². The van der Waals surface area contributed by atoms with Gasteiger partial charge in [-0.15, -0.1) is 0 Å². The van der Waals surface area contributed by atoms with Crippen LogP contribution in [-0.2, 0) is 19.4 Å². The molecule has 2 aromatic heterocycles. The van der Waals surface area contributed by atoms with Crippen molar-refractivity contribution >= 4 is 0 Å². The zero-order chi connectivity index (χ0) is 10.8. The van der Waals surface area contributed by atoms with Crippen LogP contribution >= 0.6 is 0 Å². The van der Waals surface area contributed by atoms with Crippen LogP contribution in [0.4, 0.5) is 0 Å². The zero-order valence-electron chi connectivity index (χ0n) is 9.07. The summed E-state index contributed by atoms with van der Waals surface area (Å²) in [7, 11) is 0. The van der Waals surface area contributed by atoms with Gasteiger partial charge in [-0.2, -0.15) is 5.10 Å². The number of aromatic amines is 1. The van der Waals surface area contributed by atoms with Crippen LogP contribution in [0.5, 0.6) is 0 Å². The molecule has 1 atom stereocenters. The smallest absolute Gasteiger partial charge is 0.0947 e. The first-order valence-electron chi connectivity index (χ1n) is 5.67. The summed E-state index contributed by atoms with van der Waals surface area (Å²) in [5.74, 6) is 0. The Hall–Kier alpha value is -1.55. The number of hydrogen-bond acceptors (Lipinski definition) is 3. The summed E-state index contributed by atoms with van der Waals surface area (Å²) in [5, 5.41) is 10.7. The highest BCUT2D eigenvalue weighted by molar-refractivity contribution is 5.21. The number of aryl methyl sites for hydroxylation is 1. The average Bonchev–Trinajstić information content (AvgIpc) is 2.97. The summed E-state index contributed by atoms with van der Waals surface area (Å²) >= 11 is 0. The number of H-pyrrole nitrogens is 1. The first kappa shape index (κ1) is 9.66. The van der Waals surface area contributed by atoms with Crippen LogP contribution in [0, 0.1) is 0 Å². The third-order valence-electron chi connectivity index (χ3n) is 3.19. The molecular weight excluding hydrogens is 202 g/mol. The van der Waals surface area contributed by atoms with Crippen LogP contribution in [0.1, 0.15) is 23.2 Å². The van der Waals surface area contributed by atoms with E-state index < -0.39 is 0 Å². The van der Waals surface area contributed by atoms with Crippen LogP contribution in [0.2, 0.25) is 0 Å². The summed E-state index contributed by atoms with van der Waals surface area (Å²) < 4.78 is 5.04. The summed E-state index contributed by atoms with van der Waals surface area (Å²) in [5.41, 5.74) is 3.87. The van der Waals surface area contributed by atoms with E-state index in [4.69, 9.17) is 4.42 Å². The second-order valence-electron chi connectivity index (χ2n) is 4.33. The largest absolute Gasteiger partial charge is 0.472 e. The molecule has 0 radical (unpaired) electrons. The van der Waals surface area contributed by atoms with Crippen LogP contribution < -0.4 is 5.32 Å². The molecule has 3 rings (SSSR count). The molecule has 2 heterocycles. The first-order chi connectivity index (χ1) is 7.92. The molecule has 2 N–H and O–H groups in total. The number of furan rings is 1. The fourth-order valence-electron chi connectivity index (χ4n) is 2.25. The fourth-order valence-corrected chi connectivity index (χ4v) is 2.25. The number of fused-ring (bicyclic) bond motifs is 1. The summed E-state index contributed by atoms with van der Waals surface area (Å²) in [6.45, 7) is 0.883. The highest BCUT2D eigenvalue weighted by atomic mass is 16.3. The quantitative estimate of drug-likeness (QED) is 0.822. The Labute approximate surface area is 94.0 Å². The van der Waals surface area contributed by atoms with Crippen molar-refractivity contribution in [2.24, 2.45) is 0 Å². The molecule has 0 saturated heterocycles. The van der Waals surface area contributed by atoms with Gasteiger partial charge in [-0.3, -0.25) is 5.10 Å². The summed E-state index contributed by atoms with van der Waals surface area (Å²) in [4.78, 5) is 0. The Morgan fingerprint density at radius 3 is 3.44 bits per heavy atom. The van der Waals surface area contributed by atoms with Crippen molar-refractivity contribution in [3.63, 3.8) is 0 Å². The molecule has 4 heteroatoms. The maximum atomic E-state index is 5.04. The van der Waals surface area contributed by atoms with Gasteiger partial charge in [-0.05, 0) is 30.9 Å². The molecule has 0 aliphatic heterocycles. The zero-order valence-corrected chi connectivity index (χ0v) is 9.07. The number of rotatable bonds is 3. The minimum absolute atomic E-state index is 0.556. The van der Waals surface area contributed by atoms with E-state index in [0.717, 1.165) is 19.4 Å². The summed E-state index contributed by atoms with van der Waals surface area (Å²) in [6.07, 6.45) is 8.79. The molecule has 0 amide bonds. The van der Waals surface area contributed by atoms with Gasteiger partial charge in [-0.25, -0.2) is 0 Å². The molecule has 0 spiro atoms. The van der Waals surface area contributed by atoms with Gasteiger partial charge in [-0.1, -0.05) is 0 Å². The predicted octanol–water partition coefficient (Wildman–Crippen LogP) is 1.65. The van der Waals surface area contributed by atoms with Crippen LogP contribution in [0.25, 0.3) is 0 Å². The number of nitrogens with zero attached hydrogens (tertiary/aromatic N) is 1. The molecule has 16 heavy (non-hydrogen) atoms. The van der Waals surface area contributed by atoms with E-state index >= 15 is 0 Å². The van der Waals surface area contributed by atoms with Gasteiger partial charge < -0.3 is 9.73 Å². The van der Waals surface area contributed by atoms with Gasteiger partial charge in [0.05, 0.1) is 18.7 Å². The molecule has 0 saturated carbocycles. The molecule has 1 unspecified atom stereocenters. The number of nitrogens with one attached hydrogen (secondary N) is 2. The highest BCUT2D eigenvalue weighted by Crippen LogP contribution is 2.19. The van der Waals surface area contributed by atoms with Gasteiger partial charge >= 0.3 is 0 Å². The van der Waals surface area contributed by atoms with Gasteiger partial charge in [0.15, 0.2) is 0 Å². The minimum Gasteiger partial charge on any atom is -0.472 e. The van der Waals surface area contributed by atoms with Gasteiger partial charge in [0.1, 0.15) is 0 Å². The van der Waals surface area contributed by atoms with Gasteiger partial charge in [0, 0.05) is 23.8 Å². The van der Waals surface area contributed by atoms with E-state index in [-0.39, 0.29) is 0 Å². The van der Waals surface area contributed by atoms with Crippen molar-refractivity contribution in [2.45, 2.75) is 31.8 Å². The monoisotopic (exact) mass is 217 g/mol. The summed E-state index contributed by atoms with van der Waals surface area (Å²) in [6, 6.07) is 2.55. The molecule has 1 aliphatic rings. The van der Waals surface area contributed by atoms with E-state index in [9.17, 15) is 0 Å². The lowest BCUT2D eigenvalue weighted by Crippen LogP contribution is -2.33. The van der Waals surface area contributed by atoms with Crippen LogP contribution in [-0.4, -0.2) is 16.2 Å². The fraction of sp³-hybridized carbons (Fsp3) is 0.417. The third-order valence-corrected chi connectivity index (χ3v) is 3.19. The second kappa shape index (κ2) is 4.14. The van der Waals surface area contributed by atoms with Crippen molar-refractivity contribution in [1.82, 2.24) is 15.5 Å². The maximum absolute atomic E-state index is 5.04. The molecule has 1 aliphatic carbocycles. The SMILES string of the molecule is c1cc(CNC2CCc3[nH]ncc3C2)co1. The first-order valence-corrected chi connectivity index (χ1v) is 5.67. The Balaban J connectivity index is 1.58. The minimum atomic E-state index is 0.556. The number of hydrogen-bond donors (Lipinski definition) is 2. The molecule has 4 nitrogen and oxygen atoms in total. The lowest BCUT2D eigenvalue weighted by Gasteiger charge is -2.22. The van der Waals surface area contributed by atoms with Gasteiger partial charge in [0.25, 0.3) is 0 Å². The standard InChI is InChI=1S/C12H15N3O/c1-2-12-10(7-14-15-12)5-11(1)13-6-9-3-4-16-8-9/h3-4,7-8,11,13H,1-2,5-6H2,(H,14,15). The molecular formula is C12H15N3O. The van der Waals surface area contributed by atoms with E-state index in [1.807, 2.05) is 12.3 Å². The molecule has 2 aromatic rings. The van der Waals surface area contributed by atoms with Gasteiger partial charge in [0.2, 0.25) is 0 Å². The maximum Gasteiger partial charge on any atom is 0.0947 e. The average molecular weight is 217 g/mol. The van der Waals surface area contributed by atoms with Crippen molar-refractivity contribution in [3.8, 4) is 0 Å². The lowest BCUT2D eigenvalue weighted by molar-refractivity contribution is 0.453.